The fraction of sp³-hybridized carbons (Fsp3) is 0. The maximum absolute atomic E-state index is 11.1. The maximum Gasteiger partial charge on any atom is 0.339 e. The van der Waals surface area contributed by atoms with Gasteiger partial charge in [-0.3, -0.25) is 0 Å². The van der Waals surface area contributed by atoms with Crippen LogP contribution in [0.15, 0.2) is 51.8 Å². The molecule has 0 heterocycles. The van der Waals surface area contributed by atoms with Gasteiger partial charge in [-0.05, 0) is 42.5 Å². The van der Waals surface area contributed by atoms with Gasteiger partial charge < -0.3 is 9.84 Å². The molecule has 0 aliphatic rings. The fourth-order valence-corrected chi connectivity index (χ4v) is 2.44. The molecule has 0 saturated heterocycles. The zero-order valence-corrected chi connectivity index (χ0v) is 12.9. The largest absolute Gasteiger partial charge is 0.478 e. The third-order valence-electron chi connectivity index (χ3n) is 2.55. The second-order valence-electron chi connectivity index (χ2n) is 4.06. The van der Waals surface area contributed by atoms with Gasteiger partial charge in [0.05, 0.1) is 4.90 Å². The molecular weight excluding hydrogens is 362 g/mol. The van der Waals surface area contributed by atoms with Crippen molar-refractivity contribution in [1.29, 1.82) is 0 Å². The number of rotatable bonds is 4. The summed E-state index contributed by atoms with van der Waals surface area (Å²) in [6.07, 6.45) is 0. The molecule has 0 aliphatic heterocycles. The molecule has 0 bridgehead atoms. The van der Waals surface area contributed by atoms with Crippen molar-refractivity contribution in [3.05, 3.63) is 52.5 Å². The highest BCUT2D eigenvalue weighted by Gasteiger charge is 2.13. The van der Waals surface area contributed by atoms with Gasteiger partial charge in [-0.2, -0.15) is 0 Å². The molecule has 0 radical (unpaired) electrons. The lowest BCUT2D eigenvalue weighted by molar-refractivity contribution is 0.0694. The van der Waals surface area contributed by atoms with Crippen molar-refractivity contribution >= 4 is 31.9 Å². The van der Waals surface area contributed by atoms with Crippen molar-refractivity contribution in [1.82, 2.24) is 0 Å². The molecule has 0 spiro atoms. The third kappa shape index (κ3) is 3.81. The summed E-state index contributed by atoms with van der Waals surface area (Å²) >= 11 is 3.23. The van der Waals surface area contributed by atoms with Crippen LogP contribution in [0.2, 0.25) is 0 Å². The van der Waals surface area contributed by atoms with Gasteiger partial charge in [0.2, 0.25) is 10.0 Å². The average molecular weight is 372 g/mol. The first-order valence-corrected chi connectivity index (χ1v) is 7.95. The van der Waals surface area contributed by atoms with Gasteiger partial charge >= 0.3 is 5.97 Å². The Bertz CT molecular complexity index is 787. The highest BCUT2D eigenvalue weighted by atomic mass is 79.9. The molecule has 2 aromatic carbocycles. The number of carboxylic acids is 1. The van der Waals surface area contributed by atoms with Crippen molar-refractivity contribution in [2.45, 2.75) is 4.90 Å². The van der Waals surface area contributed by atoms with Crippen LogP contribution in [0.3, 0.4) is 0 Å². The van der Waals surface area contributed by atoms with Crippen LogP contribution in [-0.4, -0.2) is 19.5 Å². The molecule has 8 heteroatoms. The SMILES string of the molecule is NS(=O)(=O)c1ccc(Oc2cc(Br)ccc2C(=O)O)cc1. The fourth-order valence-electron chi connectivity index (χ4n) is 1.58. The minimum atomic E-state index is -3.78. The van der Waals surface area contributed by atoms with Crippen LogP contribution >= 0.6 is 15.9 Å². The van der Waals surface area contributed by atoms with Crippen molar-refractivity contribution < 1.29 is 23.1 Å². The first kappa shape index (κ1) is 15.5. The monoisotopic (exact) mass is 371 g/mol. The minimum Gasteiger partial charge on any atom is -0.478 e. The lowest BCUT2D eigenvalue weighted by Gasteiger charge is -2.09. The molecule has 21 heavy (non-hydrogen) atoms. The maximum atomic E-state index is 11.1. The number of nitrogens with two attached hydrogens (primary N) is 1. The Kier molecular flexibility index (Phi) is 4.31. The van der Waals surface area contributed by atoms with E-state index in [-0.39, 0.29) is 16.2 Å². The highest BCUT2D eigenvalue weighted by molar-refractivity contribution is 9.10. The van der Waals surface area contributed by atoms with E-state index >= 15 is 0 Å². The molecule has 0 saturated carbocycles. The molecule has 0 aromatic heterocycles. The van der Waals surface area contributed by atoms with Gasteiger partial charge in [-0.1, -0.05) is 15.9 Å². The van der Waals surface area contributed by atoms with Crippen molar-refractivity contribution in [3.63, 3.8) is 0 Å². The number of carboxylic acid groups (broad SMARTS) is 1. The number of hydrogen-bond acceptors (Lipinski definition) is 4. The van der Waals surface area contributed by atoms with Gasteiger partial charge in [-0.25, -0.2) is 18.4 Å². The van der Waals surface area contributed by atoms with E-state index in [4.69, 9.17) is 15.0 Å². The van der Waals surface area contributed by atoms with E-state index in [2.05, 4.69) is 15.9 Å². The predicted octanol–water partition coefficient (Wildman–Crippen LogP) is 2.59. The first-order chi connectivity index (χ1) is 9.77. The summed E-state index contributed by atoms with van der Waals surface area (Å²) in [4.78, 5) is 11.1. The Morgan fingerprint density at radius 1 is 1.14 bits per heavy atom. The molecule has 0 amide bonds. The van der Waals surface area contributed by atoms with Crippen LogP contribution < -0.4 is 9.88 Å². The number of hydrogen-bond donors (Lipinski definition) is 2. The Balaban J connectivity index is 2.34. The van der Waals surface area contributed by atoms with E-state index < -0.39 is 16.0 Å². The quantitative estimate of drug-likeness (QED) is 0.858. The highest BCUT2D eigenvalue weighted by Crippen LogP contribution is 2.29. The second-order valence-corrected chi connectivity index (χ2v) is 6.54. The Morgan fingerprint density at radius 2 is 1.76 bits per heavy atom. The van der Waals surface area contributed by atoms with Gasteiger partial charge in [0, 0.05) is 4.47 Å². The number of halogens is 1. The van der Waals surface area contributed by atoms with Crippen LogP contribution in [0.25, 0.3) is 0 Å². The van der Waals surface area contributed by atoms with E-state index in [1.54, 1.807) is 6.07 Å². The summed E-state index contributed by atoms with van der Waals surface area (Å²) in [5, 5.41) is 14.1. The molecule has 0 fully saturated rings. The van der Waals surface area contributed by atoms with Crippen LogP contribution in [-0.2, 0) is 10.0 Å². The zero-order valence-electron chi connectivity index (χ0n) is 10.5. The summed E-state index contributed by atoms with van der Waals surface area (Å²) in [6.45, 7) is 0. The van der Waals surface area contributed by atoms with Crippen LogP contribution in [0.1, 0.15) is 10.4 Å². The number of carbonyl (C=O) groups is 1. The van der Waals surface area contributed by atoms with Gasteiger partial charge in [-0.15, -0.1) is 0 Å². The third-order valence-corrected chi connectivity index (χ3v) is 3.98. The Morgan fingerprint density at radius 3 is 2.29 bits per heavy atom. The molecule has 0 aliphatic carbocycles. The molecule has 6 nitrogen and oxygen atoms in total. The normalized spacial score (nSPS) is 11.1. The molecule has 3 N–H and O–H groups in total. The van der Waals surface area contributed by atoms with Gasteiger partial charge in [0.15, 0.2) is 0 Å². The first-order valence-electron chi connectivity index (χ1n) is 5.61. The van der Waals surface area contributed by atoms with E-state index in [1.807, 2.05) is 0 Å². The minimum absolute atomic E-state index is 0.00581. The average Bonchev–Trinajstić information content (AvgIpc) is 2.38. The number of ether oxygens (including phenoxy) is 1. The lowest BCUT2D eigenvalue weighted by atomic mass is 10.2. The summed E-state index contributed by atoms with van der Waals surface area (Å²) < 4.78 is 28.4. The molecule has 0 unspecified atom stereocenters. The van der Waals surface area contributed by atoms with Crippen LogP contribution in [0.5, 0.6) is 11.5 Å². The van der Waals surface area contributed by atoms with Crippen molar-refractivity contribution in [3.8, 4) is 11.5 Å². The van der Waals surface area contributed by atoms with Gasteiger partial charge in [0.25, 0.3) is 0 Å². The van der Waals surface area contributed by atoms with E-state index in [1.165, 1.54) is 36.4 Å². The molecular formula is C13H10BrNO5S. The smallest absolute Gasteiger partial charge is 0.339 e. The zero-order chi connectivity index (χ0) is 15.6. The van der Waals surface area contributed by atoms with Crippen molar-refractivity contribution in [2.75, 3.05) is 0 Å². The summed E-state index contributed by atoms with van der Waals surface area (Å²) in [5.74, 6) is -0.693. The summed E-state index contributed by atoms with van der Waals surface area (Å²) in [7, 11) is -3.78. The second kappa shape index (κ2) is 5.84. The van der Waals surface area contributed by atoms with E-state index in [0.717, 1.165) is 0 Å². The predicted molar refractivity (Wildman–Crippen MR) is 79.0 cm³/mol. The molecule has 110 valence electrons. The Hall–Kier alpha value is -1.90. The van der Waals surface area contributed by atoms with E-state index in [0.29, 0.717) is 10.2 Å². The Labute approximate surface area is 129 Å². The standard InChI is InChI=1S/C13H10BrNO5S/c14-8-1-6-11(13(16)17)12(7-8)20-9-2-4-10(5-3-9)21(15,18)19/h1-7H,(H,16,17)(H2,15,18,19). The number of sulfonamides is 1. The topological polar surface area (TPSA) is 107 Å². The summed E-state index contributed by atoms with van der Waals surface area (Å²) in [6, 6.07) is 9.85. The van der Waals surface area contributed by atoms with Gasteiger partial charge in [0.1, 0.15) is 17.1 Å². The number of benzene rings is 2. The molecule has 2 aromatic rings. The van der Waals surface area contributed by atoms with E-state index in [9.17, 15) is 13.2 Å². The molecule has 0 atom stereocenters. The van der Waals surface area contributed by atoms with Crippen LogP contribution in [0, 0.1) is 0 Å². The summed E-state index contributed by atoms with van der Waals surface area (Å²) in [5.41, 5.74) is -0.00581. The van der Waals surface area contributed by atoms with Crippen molar-refractivity contribution in [2.24, 2.45) is 5.14 Å². The number of primary sulfonamides is 1. The lowest BCUT2D eigenvalue weighted by Crippen LogP contribution is -2.11. The number of aromatic carboxylic acids is 1. The van der Waals surface area contributed by atoms with Crippen LogP contribution in [0.4, 0.5) is 0 Å². The molecule has 2 rings (SSSR count).